The fraction of sp³-hybridized carbons (Fsp3) is 0.667. The number of rotatable bonds is 4. The van der Waals surface area contributed by atoms with Gasteiger partial charge in [-0.05, 0) is 69.7 Å². The number of para-hydroxylation sites is 1. The van der Waals surface area contributed by atoms with Crippen LogP contribution >= 0.6 is 0 Å². The van der Waals surface area contributed by atoms with Crippen molar-refractivity contribution in [3.63, 3.8) is 0 Å². The van der Waals surface area contributed by atoms with E-state index in [1.165, 1.54) is 0 Å². The molecular weight excluding hydrogens is 378 g/mol. The lowest BCUT2D eigenvalue weighted by Crippen LogP contribution is -2.51. The van der Waals surface area contributed by atoms with E-state index in [0.717, 1.165) is 82.4 Å². The molecule has 5 rings (SSSR count). The highest BCUT2D eigenvalue weighted by Crippen LogP contribution is 2.30. The molecular formula is C24H33N3O3. The number of likely N-dealkylation sites (tertiary alicyclic amines) is 2. The number of hydrogen-bond donors (Lipinski definition) is 1. The number of amides is 2. The fourth-order valence-corrected chi connectivity index (χ4v) is 5.27. The second kappa shape index (κ2) is 8.58. The predicted octanol–water partition coefficient (Wildman–Crippen LogP) is 2.22. The standard InChI is InChI=1S/C24H33N3O3/c28-23(25-20-5-6-20)17-7-11-26(12-8-17)21-9-13-27(14-10-21)24(29)19-15-18-3-1-2-4-22(18)30-16-19/h1-4,17,19-21H,5-16H2,(H,25,28)/t19-/m0/s1. The third-order valence-electron chi connectivity index (χ3n) is 7.34. The van der Waals surface area contributed by atoms with Gasteiger partial charge >= 0.3 is 0 Å². The van der Waals surface area contributed by atoms with Gasteiger partial charge in [-0.25, -0.2) is 0 Å². The van der Waals surface area contributed by atoms with E-state index in [9.17, 15) is 9.59 Å². The summed E-state index contributed by atoms with van der Waals surface area (Å²) in [6.07, 6.45) is 7.10. The monoisotopic (exact) mass is 411 g/mol. The van der Waals surface area contributed by atoms with Crippen molar-refractivity contribution in [3.05, 3.63) is 29.8 Å². The van der Waals surface area contributed by atoms with Crippen LogP contribution in [0.25, 0.3) is 0 Å². The van der Waals surface area contributed by atoms with Crippen molar-refractivity contribution in [2.24, 2.45) is 11.8 Å². The molecule has 0 bridgehead atoms. The highest BCUT2D eigenvalue weighted by atomic mass is 16.5. The summed E-state index contributed by atoms with van der Waals surface area (Å²) in [7, 11) is 0. The largest absolute Gasteiger partial charge is 0.492 e. The van der Waals surface area contributed by atoms with E-state index in [1.54, 1.807) is 0 Å². The minimum absolute atomic E-state index is 0.0582. The zero-order chi connectivity index (χ0) is 20.5. The summed E-state index contributed by atoms with van der Waals surface area (Å²) in [5.74, 6) is 1.58. The Bertz CT molecular complexity index is 778. The average molecular weight is 412 g/mol. The molecule has 1 N–H and O–H groups in total. The van der Waals surface area contributed by atoms with Crippen molar-refractivity contribution >= 4 is 11.8 Å². The minimum atomic E-state index is -0.0582. The molecule has 2 saturated heterocycles. The van der Waals surface area contributed by atoms with Gasteiger partial charge < -0.3 is 19.9 Å². The first-order valence-electron chi connectivity index (χ1n) is 11.7. The van der Waals surface area contributed by atoms with Gasteiger partial charge in [0.25, 0.3) is 0 Å². The molecule has 1 saturated carbocycles. The van der Waals surface area contributed by atoms with Gasteiger partial charge in [0.1, 0.15) is 12.4 Å². The van der Waals surface area contributed by atoms with Gasteiger partial charge in [-0.15, -0.1) is 0 Å². The van der Waals surface area contributed by atoms with Crippen LogP contribution in [-0.4, -0.2) is 66.5 Å². The number of fused-ring (bicyclic) bond motifs is 1. The van der Waals surface area contributed by atoms with Gasteiger partial charge in [-0.1, -0.05) is 18.2 Å². The Hall–Kier alpha value is -2.08. The van der Waals surface area contributed by atoms with Crippen molar-refractivity contribution in [2.45, 2.75) is 57.0 Å². The number of nitrogens with one attached hydrogen (secondary N) is 1. The van der Waals surface area contributed by atoms with Gasteiger partial charge in [0, 0.05) is 31.1 Å². The average Bonchev–Trinajstić information content (AvgIpc) is 3.62. The van der Waals surface area contributed by atoms with Crippen LogP contribution in [0, 0.1) is 11.8 Å². The Morgan fingerprint density at radius 1 is 0.900 bits per heavy atom. The van der Waals surface area contributed by atoms with Crippen LogP contribution in [0.2, 0.25) is 0 Å². The second-order valence-electron chi connectivity index (χ2n) is 9.47. The lowest BCUT2D eigenvalue weighted by molar-refractivity contribution is -0.139. The molecule has 1 aromatic carbocycles. The van der Waals surface area contributed by atoms with Crippen LogP contribution in [0.3, 0.4) is 0 Å². The van der Waals surface area contributed by atoms with Gasteiger partial charge in [0.2, 0.25) is 11.8 Å². The maximum absolute atomic E-state index is 13.0. The number of hydrogen-bond acceptors (Lipinski definition) is 4. The predicted molar refractivity (Wildman–Crippen MR) is 114 cm³/mol. The van der Waals surface area contributed by atoms with Crippen LogP contribution in [0.1, 0.15) is 44.1 Å². The van der Waals surface area contributed by atoms with E-state index < -0.39 is 0 Å². The molecule has 1 atom stereocenters. The molecule has 3 aliphatic heterocycles. The molecule has 1 aromatic rings. The molecule has 0 aromatic heterocycles. The zero-order valence-electron chi connectivity index (χ0n) is 17.7. The Morgan fingerprint density at radius 2 is 1.63 bits per heavy atom. The van der Waals surface area contributed by atoms with Crippen LogP contribution in [0.15, 0.2) is 24.3 Å². The fourth-order valence-electron chi connectivity index (χ4n) is 5.27. The first-order chi connectivity index (χ1) is 14.7. The van der Waals surface area contributed by atoms with Gasteiger partial charge in [-0.3, -0.25) is 9.59 Å². The Labute approximate surface area is 178 Å². The summed E-state index contributed by atoms with van der Waals surface area (Å²) >= 11 is 0. The molecule has 0 spiro atoms. The first kappa shape index (κ1) is 19.9. The van der Waals surface area contributed by atoms with Crippen molar-refractivity contribution in [1.82, 2.24) is 15.1 Å². The van der Waals surface area contributed by atoms with Crippen molar-refractivity contribution in [1.29, 1.82) is 0 Å². The molecule has 2 amide bonds. The summed E-state index contributed by atoms with van der Waals surface area (Å²) < 4.78 is 5.83. The number of piperidine rings is 2. The molecule has 3 fully saturated rings. The maximum Gasteiger partial charge on any atom is 0.229 e. The number of benzene rings is 1. The van der Waals surface area contributed by atoms with E-state index >= 15 is 0 Å². The molecule has 0 radical (unpaired) electrons. The molecule has 3 heterocycles. The molecule has 0 unspecified atom stereocenters. The molecule has 30 heavy (non-hydrogen) atoms. The topological polar surface area (TPSA) is 61.9 Å². The minimum Gasteiger partial charge on any atom is -0.492 e. The molecule has 6 nitrogen and oxygen atoms in total. The van der Waals surface area contributed by atoms with Crippen LogP contribution in [-0.2, 0) is 16.0 Å². The number of nitrogens with zero attached hydrogens (tertiary/aromatic N) is 2. The molecule has 4 aliphatic rings. The summed E-state index contributed by atoms with van der Waals surface area (Å²) in [6, 6.07) is 9.05. The lowest BCUT2D eigenvalue weighted by atomic mass is 9.91. The summed E-state index contributed by atoms with van der Waals surface area (Å²) in [4.78, 5) is 29.9. The van der Waals surface area contributed by atoms with E-state index in [4.69, 9.17) is 4.74 Å². The van der Waals surface area contributed by atoms with E-state index in [-0.39, 0.29) is 23.7 Å². The van der Waals surface area contributed by atoms with Gasteiger partial charge in [0.05, 0.1) is 5.92 Å². The van der Waals surface area contributed by atoms with E-state index in [1.807, 2.05) is 23.1 Å². The Balaban J connectivity index is 1.07. The quantitative estimate of drug-likeness (QED) is 0.825. The van der Waals surface area contributed by atoms with E-state index in [0.29, 0.717) is 18.7 Å². The lowest BCUT2D eigenvalue weighted by Gasteiger charge is -2.42. The third kappa shape index (κ3) is 4.34. The van der Waals surface area contributed by atoms with Crippen LogP contribution < -0.4 is 10.1 Å². The van der Waals surface area contributed by atoms with Crippen molar-refractivity contribution in [3.8, 4) is 5.75 Å². The van der Waals surface area contributed by atoms with Gasteiger partial charge in [0.15, 0.2) is 0 Å². The number of carbonyl (C=O) groups is 2. The molecule has 162 valence electrons. The number of ether oxygens (including phenoxy) is 1. The Kier molecular flexibility index (Phi) is 5.68. The summed E-state index contributed by atoms with van der Waals surface area (Å²) in [5, 5.41) is 3.16. The zero-order valence-corrected chi connectivity index (χ0v) is 17.7. The van der Waals surface area contributed by atoms with Crippen LogP contribution in [0.5, 0.6) is 5.75 Å². The highest BCUT2D eigenvalue weighted by molar-refractivity contribution is 5.80. The summed E-state index contributed by atoms with van der Waals surface area (Å²) in [6.45, 7) is 4.18. The van der Waals surface area contributed by atoms with Gasteiger partial charge in [-0.2, -0.15) is 0 Å². The van der Waals surface area contributed by atoms with E-state index in [2.05, 4.69) is 16.3 Å². The maximum atomic E-state index is 13.0. The first-order valence-corrected chi connectivity index (χ1v) is 11.7. The molecule has 1 aliphatic carbocycles. The smallest absolute Gasteiger partial charge is 0.229 e. The summed E-state index contributed by atoms with van der Waals surface area (Å²) in [5.41, 5.74) is 1.14. The number of carbonyl (C=O) groups excluding carboxylic acids is 2. The second-order valence-corrected chi connectivity index (χ2v) is 9.47. The van der Waals surface area contributed by atoms with Crippen molar-refractivity contribution < 1.29 is 14.3 Å². The third-order valence-corrected chi connectivity index (χ3v) is 7.34. The van der Waals surface area contributed by atoms with Crippen LogP contribution in [0.4, 0.5) is 0 Å². The molecule has 6 heteroatoms. The highest BCUT2D eigenvalue weighted by Gasteiger charge is 2.35. The van der Waals surface area contributed by atoms with Crippen molar-refractivity contribution in [2.75, 3.05) is 32.8 Å². The SMILES string of the molecule is O=C(NC1CC1)C1CCN(C2CCN(C(=O)[C@@H]3COc4ccccc4C3)CC2)CC1. The normalized spacial score (nSPS) is 26.0. The Morgan fingerprint density at radius 3 is 2.37 bits per heavy atom.